The molecule has 3 nitrogen and oxygen atoms in total. The fourth-order valence-corrected chi connectivity index (χ4v) is 3.85. The van der Waals surface area contributed by atoms with Crippen molar-refractivity contribution in [2.75, 3.05) is 19.6 Å². The maximum absolute atomic E-state index is 12.9. The van der Waals surface area contributed by atoms with Crippen LogP contribution in [0.1, 0.15) is 48.9 Å². The van der Waals surface area contributed by atoms with Crippen LogP contribution in [0.15, 0.2) is 30.3 Å². The number of nitrogens with zero attached hydrogens (tertiary/aromatic N) is 1. The molecule has 0 aromatic heterocycles. The molecule has 0 spiro atoms. The summed E-state index contributed by atoms with van der Waals surface area (Å²) in [6.45, 7) is 3.14. The van der Waals surface area contributed by atoms with Crippen LogP contribution in [0.2, 0.25) is 0 Å². The number of likely N-dealkylation sites (tertiary alicyclic amines) is 1. The molecule has 1 aromatic carbocycles. The van der Waals surface area contributed by atoms with E-state index in [0.717, 1.165) is 31.6 Å². The average Bonchev–Trinajstić information content (AvgIpc) is 2.81. The monoisotopic (exact) mass is 286 g/mol. The zero-order valence-corrected chi connectivity index (χ0v) is 12.8. The number of piperidine rings is 1. The van der Waals surface area contributed by atoms with Crippen LogP contribution in [0.4, 0.5) is 0 Å². The second-order valence-electron chi connectivity index (χ2n) is 6.37. The minimum Gasteiger partial charge on any atom is -0.335 e. The van der Waals surface area contributed by atoms with E-state index in [1.54, 1.807) is 0 Å². The predicted molar refractivity (Wildman–Crippen MR) is 85.3 cm³/mol. The van der Waals surface area contributed by atoms with Crippen molar-refractivity contribution < 1.29 is 4.79 Å². The molecular weight excluding hydrogens is 260 g/mol. The fourth-order valence-electron chi connectivity index (χ4n) is 3.85. The lowest BCUT2D eigenvalue weighted by molar-refractivity contribution is 0.0582. The van der Waals surface area contributed by atoms with Gasteiger partial charge in [-0.05, 0) is 56.8 Å². The number of carbonyl (C=O) groups excluding carboxylic acids is 1. The van der Waals surface area contributed by atoms with Crippen molar-refractivity contribution >= 4 is 5.91 Å². The van der Waals surface area contributed by atoms with Crippen LogP contribution in [-0.4, -0.2) is 36.5 Å². The first-order valence-corrected chi connectivity index (χ1v) is 8.43. The molecule has 3 heteroatoms. The minimum absolute atomic E-state index is 0.237. The Morgan fingerprint density at radius 3 is 2.52 bits per heavy atom. The van der Waals surface area contributed by atoms with Gasteiger partial charge in [0, 0.05) is 18.2 Å². The van der Waals surface area contributed by atoms with Crippen molar-refractivity contribution in [3.8, 4) is 0 Å². The maximum atomic E-state index is 12.9. The summed E-state index contributed by atoms with van der Waals surface area (Å²) < 4.78 is 0. The van der Waals surface area contributed by atoms with Crippen molar-refractivity contribution in [2.24, 2.45) is 5.92 Å². The summed E-state index contributed by atoms with van der Waals surface area (Å²) in [5.41, 5.74) is 0.846. The van der Waals surface area contributed by atoms with Crippen LogP contribution in [0.25, 0.3) is 0 Å². The summed E-state index contributed by atoms with van der Waals surface area (Å²) in [5, 5.41) is 3.44. The highest BCUT2D eigenvalue weighted by Gasteiger charge is 2.32. The largest absolute Gasteiger partial charge is 0.335 e. The first-order valence-electron chi connectivity index (χ1n) is 8.43. The highest BCUT2D eigenvalue weighted by atomic mass is 16.2. The van der Waals surface area contributed by atoms with E-state index in [1.165, 1.54) is 32.1 Å². The lowest BCUT2D eigenvalue weighted by Crippen LogP contribution is -2.47. The van der Waals surface area contributed by atoms with Gasteiger partial charge in [-0.2, -0.15) is 0 Å². The first-order chi connectivity index (χ1) is 10.4. The Morgan fingerprint density at radius 1 is 1.00 bits per heavy atom. The van der Waals surface area contributed by atoms with Gasteiger partial charge in [0.05, 0.1) is 0 Å². The lowest BCUT2D eigenvalue weighted by Gasteiger charge is -2.38. The number of carbonyl (C=O) groups is 1. The quantitative estimate of drug-likeness (QED) is 0.906. The Morgan fingerprint density at radius 2 is 1.76 bits per heavy atom. The summed E-state index contributed by atoms with van der Waals surface area (Å²) in [5.74, 6) is 0.915. The third kappa shape index (κ3) is 3.46. The second-order valence-corrected chi connectivity index (χ2v) is 6.37. The van der Waals surface area contributed by atoms with E-state index < -0.39 is 0 Å². The number of benzene rings is 1. The van der Waals surface area contributed by atoms with E-state index in [-0.39, 0.29) is 5.91 Å². The molecule has 1 amide bonds. The van der Waals surface area contributed by atoms with Gasteiger partial charge in [0.2, 0.25) is 0 Å². The molecule has 0 bridgehead atoms. The standard InChI is InChI=1S/C18H26N2O/c21-18(16-7-3-1-4-8-16)20-14-6-2-5-9-17(20)15-10-12-19-13-11-15/h1,3-4,7-8,15,17,19H,2,5-6,9-14H2/t17-/m0/s1. The smallest absolute Gasteiger partial charge is 0.254 e. The van der Waals surface area contributed by atoms with Gasteiger partial charge in [0.25, 0.3) is 5.91 Å². The average molecular weight is 286 g/mol. The fraction of sp³-hybridized carbons (Fsp3) is 0.611. The topological polar surface area (TPSA) is 32.3 Å². The number of nitrogens with one attached hydrogen (secondary N) is 1. The highest BCUT2D eigenvalue weighted by Crippen LogP contribution is 2.29. The molecule has 2 fully saturated rings. The molecule has 1 N–H and O–H groups in total. The van der Waals surface area contributed by atoms with Crippen molar-refractivity contribution in [3.63, 3.8) is 0 Å². The Balaban J connectivity index is 1.79. The van der Waals surface area contributed by atoms with Crippen LogP contribution in [0, 0.1) is 5.92 Å². The van der Waals surface area contributed by atoms with E-state index >= 15 is 0 Å². The van der Waals surface area contributed by atoms with Gasteiger partial charge in [-0.1, -0.05) is 31.0 Å². The van der Waals surface area contributed by atoms with Crippen LogP contribution < -0.4 is 5.32 Å². The highest BCUT2D eigenvalue weighted by molar-refractivity contribution is 5.94. The van der Waals surface area contributed by atoms with Crippen LogP contribution in [0.3, 0.4) is 0 Å². The number of rotatable bonds is 2. The van der Waals surface area contributed by atoms with E-state index in [2.05, 4.69) is 10.2 Å². The Kier molecular flexibility index (Phi) is 4.91. The molecule has 3 rings (SSSR count). The molecule has 0 radical (unpaired) electrons. The molecule has 0 aliphatic carbocycles. The summed E-state index contributed by atoms with van der Waals surface area (Å²) in [6, 6.07) is 10.3. The lowest BCUT2D eigenvalue weighted by atomic mass is 9.86. The van der Waals surface area contributed by atoms with Gasteiger partial charge in [0.15, 0.2) is 0 Å². The Hall–Kier alpha value is -1.35. The van der Waals surface area contributed by atoms with E-state index in [0.29, 0.717) is 12.0 Å². The molecule has 1 atom stereocenters. The van der Waals surface area contributed by atoms with Crippen molar-refractivity contribution in [1.29, 1.82) is 0 Å². The third-order valence-electron chi connectivity index (χ3n) is 5.01. The first kappa shape index (κ1) is 14.6. The summed E-state index contributed by atoms with van der Waals surface area (Å²) in [7, 11) is 0. The molecule has 1 aromatic rings. The van der Waals surface area contributed by atoms with Gasteiger partial charge in [-0.15, -0.1) is 0 Å². The molecule has 114 valence electrons. The van der Waals surface area contributed by atoms with Crippen LogP contribution in [0.5, 0.6) is 0 Å². The normalized spacial score (nSPS) is 24.6. The van der Waals surface area contributed by atoms with E-state index in [1.807, 2.05) is 30.3 Å². The Labute approximate surface area is 127 Å². The van der Waals surface area contributed by atoms with Gasteiger partial charge < -0.3 is 10.2 Å². The number of hydrogen-bond acceptors (Lipinski definition) is 2. The zero-order valence-electron chi connectivity index (χ0n) is 12.8. The van der Waals surface area contributed by atoms with Gasteiger partial charge >= 0.3 is 0 Å². The van der Waals surface area contributed by atoms with Crippen molar-refractivity contribution in [2.45, 2.75) is 44.6 Å². The molecule has 2 heterocycles. The van der Waals surface area contributed by atoms with Gasteiger partial charge in [-0.3, -0.25) is 4.79 Å². The number of hydrogen-bond donors (Lipinski definition) is 1. The Bertz CT molecular complexity index is 454. The predicted octanol–water partition coefficient (Wildman–Crippen LogP) is 3.07. The summed E-state index contributed by atoms with van der Waals surface area (Å²) in [4.78, 5) is 15.1. The SMILES string of the molecule is O=C(c1ccccc1)N1CCCCC[C@H]1C1CCNCC1. The zero-order chi connectivity index (χ0) is 14.5. The van der Waals surface area contributed by atoms with Crippen molar-refractivity contribution in [1.82, 2.24) is 10.2 Å². The molecular formula is C18H26N2O. The van der Waals surface area contributed by atoms with E-state index in [4.69, 9.17) is 0 Å². The molecule has 2 aliphatic rings. The van der Waals surface area contributed by atoms with E-state index in [9.17, 15) is 4.79 Å². The molecule has 0 saturated carbocycles. The van der Waals surface area contributed by atoms with Gasteiger partial charge in [0.1, 0.15) is 0 Å². The van der Waals surface area contributed by atoms with Gasteiger partial charge in [-0.25, -0.2) is 0 Å². The minimum atomic E-state index is 0.237. The maximum Gasteiger partial charge on any atom is 0.254 e. The third-order valence-corrected chi connectivity index (χ3v) is 5.01. The number of amides is 1. The molecule has 2 aliphatic heterocycles. The van der Waals surface area contributed by atoms with Crippen LogP contribution >= 0.6 is 0 Å². The molecule has 2 saturated heterocycles. The molecule has 21 heavy (non-hydrogen) atoms. The summed E-state index contributed by atoms with van der Waals surface area (Å²) >= 11 is 0. The summed E-state index contributed by atoms with van der Waals surface area (Å²) in [6.07, 6.45) is 7.29. The van der Waals surface area contributed by atoms with Crippen LogP contribution in [-0.2, 0) is 0 Å². The van der Waals surface area contributed by atoms with Crippen molar-refractivity contribution in [3.05, 3.63) is 35.9 Å². The second kappa shape index (κ2) is 7.08. The molecule has 0 unspecified atom stereocenters.